The van der Waals surface area contributed by atoms with Gasteiger partial charge in [0.25, 0.3) is 0 Å². The van der Waals surface area contributed by atoms with E-state index in [-0.39, 0.29) is 0 Å². The van der Waals surface area contributed by atoms with Crippen molar-refractivity contribution >= 4 is 48.4 Å². The van der Waals surface area contributed by atoms with Crippen molar-refractivity contribution in [1.82, 2.24) is 0 Å². The topological polar surface area (TPSA) is 380 Å². The third-order valence-electron chi connectivity index (χ3n) is 10.5. The Morgan fingerprint density at radius 3 is 0.581 bits per heavy atom. The van der Waals surface area contributed by atoms with Gasteiger partial charge in [0, 0.05) is 4.75 Å². The SMILES string of the molecule is CC(C)(S)C(N)C(=O)O.NC(CCc1ccccc1)C(=O)O.NC(CCc1ccccc1)C(=O)O.NC(CCc1ccccc1)C(=O)O.NC(CCc1ccccc1)C(=O)O.NC(CCc1ccccc1)C(=O)O. The smallest absolute Gasteiger partial charge is 0.321 e. The Morgan fingerprint density at radius 1 is 0.338 bits per heavy atom. The first-order valence-corrected chi connectivity index (χ1v) is 24.1. The second-order valence-electron chi connectivity index (χ2n) is 17.3. The Hall–Kier alpha value is -6.97. The first kappa shape index (κ1) is 67.0. The molecule has 18 N–H and O–H groups in total. The number of hydrogen-bond donors (Lipinski definition) is 13. The van der Waals surface area contributed by atoms with E-state index >= 15 is 0 Å². The molecule has 74 heavy (non-hydrogen) atoms. The minimum atomic E-state index is -1.02. The highest BCUT2D eigenvalue weighted by Crippen LogP contribution is 2.15. The fraction of sp³-hybridized carbons (Fsp3) is 0.345. The number of hydrogen-bond acceptors (Lipinski definition) is 13. The van der Waals surface area contributed by atoms with E-state index in [0.717, 1.165) is 27.8 Å². The van der Waals surface area contributed by atoms with E-state index in [2.05, 4.69) is 12.6 Å². The van der Waals surface area contributed by atoms with Gasteiger partial charge in [-0.3, -0.25) is 28.8 Å². The molecule has 404 valence electrons. The first-order chi connectivity index (χ1) is 34.8. The van der Waals surface area contributed by atoms with E-state index in [1.54, 1.807) is 13.8 Å². The predicted octanol–water partition coefficient (Wildman–Crippen LogP) is 5.26. The van der Waals surface area contributed by atoms with Gasteiger partial charge in [-0.2, -0.15) is 12.6 Å². The van der Waals surface area contributed by atoms with Crippen molar-refractivity contribution in [2.45, 2.75) is 119 Å². The molecule has 6 atom stereocenters. The molecule has 0 spiro atoms. The number of carboxylic acid groups (broad SMARTS) is 6. The number of rotatable bonds is 22. The van der Waals surface area contributed by atoms with Crippen LogP contribution in [0.25, 0.3) is 0 Å². The standard InChI is InChI=1S/5C10H13NO2.C5H11NO2S/c5*11-9(10(12)13)7-6-8-4-2-1-3-5-8;1-5(2,9)3(6)4(7)8/h5*1-5,9H,6-7,11H2,(H,12,13);3,9H,6H2,1-2H3,(H,7,8). The maximum Gasteiger partial charge on any atom is 0.321 e. The highest BCUT2D eigenvalue weighted by molar-refractivity contribution is 7.81. The summed E-state index contributed by atoms with van der Waals surface area (Å²) in [6, 6.07) is 44.0. The van der Waals surface area contributed by atoms with Crippen molar-refractivity contribution in [2.24, 2.45) is 34.4 Å². The van der Waals surface area contributed by atoms with Crippen LogP contribution in [0, 0.1) is 0 Å². The minimum Gasteiger partial charge on any atom is -0.480 e. The molecule has 0 radical (unpaired) electrons. The lowest BCUT2D eigenvalue weighted by Crippen LogP contribution is -2.45. The van der Waals surface area contributed by atoms with Gasteiger partial charge in [0.2, 0.25) is 0 Å². The number of nitrogens with two attached hydrogens (primary N) is 6. The van der Waals surface area contributed by atoms with Crippen LogP contribution in [0.15, 0.2) is 152 Å². The molecule has 6 unspecified atom stereocenters. The van der Waals surface area contributed by atoms with Gasteiger partial charge in [0.15, 0.2) is 0 Å². The summed E-state index contributed by atoms with van der Waals surface area (Å²) in [4.78, 5) is 62.1. The lowest BCUT2D eigenvalue weighted by atomic mass is 10.1. The van der Waals surface area contributed by atoms with Gasteiger partial charge in [-0.25, -0.2) is 0 Å². The van der Waals surface area contributed by atoms with E-state index in [4.69, 9.17) is 65.0 Å². The lowest BCUT2D eigenvalue weighted by molar-refractivity contribution is -0.140. The molecule has 0 saturated carbocycles. The van der Waals surface area contributed by atoms with E-state index < -0.39 is 76.8 Å². The average molecular weight is 1050 g/mol. The van der Waals surface area contributed by atoms with Gasteiger partial charge in [0.05, 0.1) is 0 Å². The molecule has 0 heterocycles. The number of aryl methyl sites for hydroxylation is 5. The van der Waals surface area contributed by atoms with Crippen LogP contribution in [-0.4, -0.2) is 107 Å². The van der Waals surface area contributed by atoms with Crippen LogP contribution in [0.3, 0.4) is 0 Å². The molecule has 0 aliphatic carbocycles. The number of benzene rings is 5. The number of carbonyl (C=O) groups is 6. The second-order valence-corrected chi connectivity index (χ2v) is 18.5. The van der Waals surface area contributed by atoms with E-state index in [0.29, 0.717) is 64.2 Å². The van der Waals surface area contributed by atoms with E-state index in [1.807, 2.05) is 152 Å². The molecular weight excluding hydrogens is 969 g/mol. The number of aliphatic carboxylic acids is 6. The summed E-state index contributed by atoms with van der Waals surface area (Å²) in [5.41, 5.74) is 37.7. The second kappa shape index (κ2) is 38.6. The van der Waals surface area contributed by atoms with Crippen LogP contribution in [-0.2, 0) is 60.9 Å². The summed E-state index contributed by atoms with van der Waals surface area (Å²) >= 11 is 3.98. The maximum atomic E-state index is 10.4. The van der Waals surface area contributed by atoms with Gasteiger partial charge in [-0.15, -0.1) is 0 Å². The Labute approximate surface area is 439 Å². The summed E-state index contributed by atoms with van der Waals surface area (Å²) in [7, 11) is 0. The van der Waals surface area contributed by atoms with Gasteiger partial charge in [-0.1, -0.05) is 152 Å². The van der Waals surface area contributed by atoms with Crippen molar-refractivity contribution in [3.8, 4) is 0 Å². The largest absolute Gasteiger partial charge is 0.480 e. The maximum absolute atomic E-state index is 10.4. The highest BCUT2D eigenvalue weighted by atomic mass is 32.1. The molecule has 0 saturated heterocycles. The van der Waals surface area contributed by atoms with Gasteiger partial charge >= 0.3 is 35.8 Å². The van der Waals surface area contributed by atoms with Crippen LogP contribution in [0.5, 0.6) is 0 Å². The van der Waals surface area contributed by atoms with Gasteiger partial charge in [0.1, 0.15) is 36.3 Å². The van der Waals surface area contributed by atoms with Crippen molar-refractivity contribution < 1.29 is 59.4 Å². The highest BCUT2D eigenvalue weighted by Gasteiger charge is 2.27. The quantitative estimate of drug-likeness (QED) is 0.0393. The Morgan fingerprint density at radius 2 is 0.486 bits per heavy atom. The average Bonchev–Trinajstić information content (AvgIpc) is 3.39. The number of carboxylic acids is 6. The number of thiol groups is 1. The molecule has 19 heteroatoms. The van der Waals surface area contributed by atoms with Crippen LogP contribution in [0.2, 0.25) is 0 Å². The Balaban J connectivity index is 0.000000868. The molecule has 5 aromatic rings. The van der Waals surface area contributed by atoms with Gasteiger partial charge < -0.3 is 65.0 Å². The molecule has 18 nitrogen and oxygen atoms in total. The zero-order valence-electron chi connectivity index (χ0n) is 42.0. The fourth-order valence-electron chi connectivity index (χ4n) is 5.75. The lowest BCUT2D eigenvalue weighted by Gasteiger charge is -2.21. The summed E-state index contributed by atoms with van der Waals surface area (Å²) in [6.07, 6.45) is 6.01. The summed E-state index contributed by atoms with van der Waals surface area (Å²) in [5, 5.41) is 51.0. The van der Waals surface area contributed by atoms with Crippen molar-refractivity contribution in [2.75, 3.05) is 0 Å². The Kier molecular flexibility index (Phi) is 35.0. The third-order valence-corrected chi connectivity index (χ3v) is 10.8. The minimum absolute atomic E-state index is 0.485. The third kappa shape index (κ3) is 34.4. The molecular formula is C55H76N6O12S. The molecule has 0 fully saturated rings. The molecule has 5 rings (SSSR count). The molecule has 0 aliphatic rings. The molecule has 0 amide bonds. The summed E-state index contributed by atoms with van der Waals surface area (Å²) in [5.74, 6) is -5.69. The first-order valence-electron chi connectivity index (χ1n) is 23.7. The molecule has 0 bridgehead atoms. The summed E-state index contributed by atoms with van der Waals surface area (Å²) in [6.45, 7) is 3.32. The molecule has 5 aromatic carbocycles. The molecule has 0 aliphatic heterocycles. The zero-order valence-corrected chi connectivity index (χ0v) is 42.9. The summed E-state index contributed by atoms with van der Waals surface area (Å²) < 4.78 is -0.647. The monoisotopic (exact) mass is 1040 g/mol. The predicted molar refractivity (Wildman–Crippen MR) is 291 cm³/mol. The fourth-order valence-corrected chi connectivity index (χ4v) is 5.86. The van der Waals surface area contributed by atoms with Crippen molar-refractivity contribution in [3.05, 3.63) is 179 Å². The van der Waals surface area contributed by atoms with E-state index in [9.17, 15) is 28.8 Å². The van der Waals surface area contributed by atoms with Crippen molar-refractivity contribution in [1.29, 1.82) is 0 Å². The zero-order chi connectivity index (χ0) is 56.1. The van der Waals surface area contributed by atoms with Crippen LogP contribution in [0.4, 0.5) is 0 Å². The van der Waals surface area contributed by atoms with Crippen LogP contribution >= 0.6 is 12.6 Å². The van der Waals surface area contributed by atoms with Crippen LogP contribution in [0.1, 0.15) is 73.8 Å². The van der Waals surface area contributed by atoms with Crippen molar-refractivity contribution in [3.63, 3.8) is 0 Å². The van der Waals surface area contributed by atoms with Gasteiger partial charge in [-0.05, 0) is 106 Å². The van der Waals surface area contributed by atoms with Crippen LogP contribution < -0.4 is 34.4 Å². The van der Waals surface area contributed by atoms with E-state index in [1.165, 1.54) is 0 Å². The normalized spacial score (nSPS) is 12.7. The Bertz CT molecular complexity index is 1970. The molecule has 0 aromatic heterocycles.